The van der Waals surface area contributed by atoms with E-state index in [9.17, 15) is 14.0 Å². The molecule has 3 N–H and O–H groups in total. The highest BCUT2D eigenvalue weighted by Crippen LogP contribution is 2.15. The Morgan fingerprint density at radius 3 is 2.11 bits per heavy atom. The Morgan fingerprint density at radius 1 is 0.893 bits per heavy atom. The van der Waals surface area contributed by atoms with Gasteiger partial charge >= 0.3 is 0 Å². The van der Waals surface area contributed by atoms with Gasteiger partial charge in [-0.05, 0) is 54.1 Å². The van der Waals surface area contributed by atoms with Crippen LogP contribution in [0.25, 0.3) is 0 Å². The van der Waals surface area contributed by atoms with Crippen LogP contribution in [0.1, 0.15) is 22.8 Å². The zero-order valence-electron chi connectivity index (χ0n) is 15.2. The number of nitrogens with one attached hydrogen (secondary N) is 3. The lowest BCUT2D eigenvalue weighted by molar-refractivity contribution is -0.114. The summed E-state index contributed by atoms with van der Waals surface area (Å²) in [5, 5.41) is 8.55. The molecule has 0 aliphatic heterocycles. The van der Waals surface area contributed by atoms with E-state index in [1.807, 2.05) is 0 Å². The molecular formula is C21H19FN4O2. The average Bonchev–Trinajstić information content (AvgIpc) is 2.69. The fourth-order valence-corrected chi connectivity index (χ4v) is 2.47. The monoisotopic (exact) mass is 378 g/mol. The Kier molecular flexibility index (Phi) is 5.96. The van der Waals surface area contributed by atoms with Crippen LogP contribution >= 0.6 is 0 Å². The summed E-state index contributed by atoms with van der Waals surface area (Å²) in [6.07, 6.45) is 1.48. The van der Waals surface area contributed by atoms with Crippen LogP contribution in [-0.4, -0.2) is 16.8 Å². The van der Waals surface area contributed by atoms with E-state index in [-0.39, 0.29) is 17.6 Å². The van der Waals surface area contributed by atoms with Crippen LogP contribution in [0.5, 0.6) is 0 Å². The molecule has 0 bridgehead atoms. The van der Waals surface area contributed by atoms with E-state index in [0.717, 1.165) is 5.56 Å². The second-order valence-electron chi connectivity index (χ2n) is 6.12. The number of aromatic nitrogens is 1. The molecule has 0 saturated heterocycles. The third-order valence-corrected chi connectivity index (χ3v) is 3.88. The van der Waals surface area contributed by atoms with E-state index in [2.05, 4.69) is 20.9 Å². The first-order valence-electron chi connectivity index (χ1n) is 8.63. The number of hydrogen-bond acceptors (Lipinski definition) is 4. The largest absolute Gasteiger partial charge is 0.366 e. The number of nitrogens with zero attached hydrogens (tertiary/aromatic N) is 1. The predicted octanol–water partition coefficient (Wildman–Crippen LogP) is 4.04. The molecule has 0 atom stereocenters. The summed E-state index contributed by atoms with van der Waals surface area (Å²) in [7, 11) is 0. The van der Waals surface area contributed by atoms with Gasteiger partial charge < -0.3 is 16.0 Å². The molecule has 2 aromatic carbocycles. The maximum Gasteiger partial charge on any atom is 0.257 e. The van der Waals surface area contributed by atoms with Crippen LogP contribution in [0, 0.1) is 5.82 Å². The smallest absolute Gasteiger partial charge is 0.257 e. The Labute approximate surface area is 161 Å². The Bertz CT molecular complexity index is 955. The van der Waals surface area contributed by atoms with Gasteiger partial charge in [0, 0.05) is 31.0 Å². The lowest BCUT2D eigenvalue weighted by Gasteiger charge is -2.08. The van der Waals surface area contributed by atoms with Gasteiger partial charge in [-0.2, -0.15) is 0 Å². The summed E-state index contributed by atoms with van der Waals surface area (Å²) in [6, 6.07) is 16.4. The highest BCUT2D eigenvalue weighted by Gasteiger charge is 2.07. The molecule has 3 aromatic rings. The fraction of sp³-hybridized carbons (Fsp3) is 0.0952. The predicted molar refractivity (Wildman–Crippen MR) is 107 cm³/mol. The third-order valence-electron chi connectivity index (χ3n) is 3.88. The van der Waals surface area contributed by atoms with Crippen LogP contribution in [0.2, 0.25) is 0 Å². The van der Waals surface area contributed by atoms with E-state index < -0.39 is 0 Å². The number of halogens is 1. The van der Waals surface area contributed by atoms with Crippen molar-refractivity contribution in [3.63, 3.8) is 0 Å². The third kappa shape index (κ3) is 5.38. The lowest BCUT2D eigenvalue weighted by atomic mass is 10.2. The molecule has 142 valence electrons. The molecule has 28 heavy (non-hydrogen) atoms. The van der Waals surface area contributed by atoms with Crippen molar-refractivity contribution in [2.75, 3.05) is 16.0 Å². The molecule has 0 aliphatic carbocycles. The van der Waals surface area contributed by atoms with Crippen molar-refractivity contribution in [2.24, 2.45) is 0 Å². The molecule has 6 nitrogen and oxygen atoms in total. The van der Waals surface area contributed by atoms with Crippen LogP contribution in [0.4, 0.5) is 21.6 Å². The molecule has 0 radical (unpaired) electrons. The number of anilines is 3. The Hall–Kier alpha value is -3.74. The van der Waals surface area contributed by atoms with E-state index in [1.165, 1.54) is 25.3 Å². The summed E-state index contributed by atoms with van der Waals surface area (Å²) in [5.74, 6) is -0.108. The first-order valence-corrected chi connectivity index (χ1v) is 8.63. The van der Waals surface area contributed by atoms with Crippen molar-refractivity contribution in [2.45, 2.75) is 13.5 Å². The van der Waals surface area contributed by atoms with Crippen molar-refractivity contribution in [1.82, 2.24) is 4.98 Å². The van der Waals surface area contributed by atoms with Crippen molar-refractivity contribution < 1.29 is 14.0 Å². The maximum absolute atomic E-state index is 12.9. The summed E-state index contributed by atoms with van der Waals surface area (Å²) in [4.78, 5) is 27.6. The number of amides is 2. The van der Waals surface area contributed by atoms with Gasteiger partial charge in [-0.3, -0.25) is 9.59 Å². The molecular weight excluding hydrogens is 359 g/mol. The topological polar surface area (TPSA) is 83.1 Å². The van der Waals surface area contributed by atoms with Crippen molar-refractivity contribution in [3.8, 4) is 0 Å². The number of carbonyl (C=O) groups excluding carboxylic acids is 2. The minimum atomic E-state index is -0.287. The number of pyridine rings is 1. The van der Waals surface area contributed by atoms with Crippen LogP contribution in [0.15, 0.2) is 66.9 Å². The number of benzene rings is 2. The van der Waals surface area contributed by atoms with Gasteiger partial charge in [0.05, 0.1) is 5.56 Å². The molecule has 0 aliphatic rings. The highest BCUT2D eigenvalue weighted by molar-refractivity contribution is 6.04. The summed E-state index contributed by atoms with van der Waals surface area (Å²) in [6.45, 7) is 1.93. The SMILES string of the molecule is CC(=O)Nc1ccc(NC(=O)c2ccc(NCc3ccc(F)cc3)nc2)cc1. The van der Waals surface area contributed by atoms with Crippen molar-refractivity contribution in [1.29, 1.82) is 0 Å². The maximum atomic E-state index is 12.9. The van der Waals surface area contributed by atoms with Crippen LogP contribution in [0.3, 0.4) is 0 Å². The van der Waals surface area contributed by atoms with Gasteiger partial charge in [0.1, 0.15) is 11.6 Å². The molecule has 2 amide bonds. The van der Waals surface area contributed by atoms with Gasteiger partial charge in [-0.25, -0.2) is 9.37 Å². The van der Waals surface area contributed by atoms with Crippen molar-refractivity contribution in [3.05, 3.63) is 83.8 Å². The van der Waals surface area contributed by atoms with E-state index >= 15 is 0 Å². The van der Waals surface area contributed by atoms with Crippen LogP contribution in [-0.2, 0) is 11.3 Å². The van der Waals surface area contributed by atoms with Gasteiger partial charge in [-0.1, -0.05) is 12.1 Å². The number of carbonyl (C=O) groups is 2. The molecule has 0 fully saturated rings. The fourth-order valence-electron chi connectivity index (χ4n) is 2.47. The number of hydrogen-bond donors (Lipinski definition) is 3. The number of rotatable bonds is 6. The molecule has 3 rings (SSSR count). The Morgan fingerprint density at radius 2 is 1.54 bits per heavy atom. The standard InChI is InChI=1S/C21H19FN4O2/c1-14(27)25-18-7-9-19(10-8-18)26-21(28)16-4-11-20(24-13-16)23-12-15-2-5-17(22)6-3-15/h2-11,13H,12H2,1H3,(H,23,24)(H,25,27)(H,26,28). The van der Waals surface area contributed by atoms with E-state index in [4.69, 9.17) is 0 Å². The zero-order chi connectivity index (χ0) is 19.9. The second kappa shape index (κ2) is 8.77. The van der Waals surface area contributed by atoms with Gasteiger partial charge in [0.2, 0.25) is 5.91 Å². The van der Waals surface area contributed by atoms with Gasteiger partial charge in [0.15, 0.2) is 0 Å². The summed E-state index contributed by atoms with van der Waals surface area (Å²) >= 11 is 0. The molecule has 0 unspecified atom stereocenters. The van der Waals surface area contributed by atoms with E-state index in [1.54, 1.807) is 48.5 Å². The minimum Gasteiger partial charge on any atom is -0.366 e. The highest BCUT2D eigenvalue weighted by atomic mass is 19.1. The summed E-state index contributed by atoms with van der Waals surface area (Å²) in [5.41, 5.74) is 2.60. The first kappa shape index (κ1) is 19.0. The Balaban J connectivity index is 1.55. The van der Waals surface area contributed by atoms with Gasteiger partial charge in [0.25, 0.3) is 5.91 Å². The van der Waals surface area contributed by atoms with Crippen molar-refractivity contribution >= 4 is 29.0 Å². The van der Waals surface area contributed by atoms with Crippen LogP contribution < -0.4 is 16.0 Å². The normalized spacial score (nSPS) is 10.2. The van der Waals surface area contributed by atoms with E-state index in [0.29, 0.717) is 29.3 Å². The molecule has 1 aromatic heterocycles. The average molecular weight is 378 g/mol. The minimum absolute atomic E-state index is 0.156. The van der Waals surface area contributed by atoms with Gasteiger partial charge in [-0.15, -0.1) is 0 Å². The molecule has 7 heteroatoms. The molecule has 0 spiro atoms. The summed E-state index contributed by atoms with van der Waals surface area (Å²) < 4.78 is 12.9. The quantitative estimate of drug-likeness (QED) is 0.604. The first-order chi connectivity index (χ1) is 13.5. The lowest BCUT2D eigenvalue weighted by Crippen LogP contribution is -2.13. The molecule has 0 saturated carbocycles. The molecule has 1 heterocycles. The zero-order valence-corrected chi connectivity index (χ0v) is 15.2. The second-order valence-corrected chi connectivity index (χ2v) is 6.12.